The monoisotopic (exact) mass is 293 g/mol. The fourth-order valence-electron chi connectivity index (χ4n) is 1.78. The van der Waals surface area contributed by atoms with Crippen LogP contribution in [0.15, 0.2) is 41.1 Å². The molecule has 17 heavy (non-hydrogen) atoms. The molecule has 2 N–H and O–H groups in total. The lowest BCUT2D eigenvalue weighted by atomic mass is 10.2. The maximum atomic E-state index is 5.50. The second kappa shape index (κ2) is 5.98. The van der Waals surface area contributed by atoms with Crippen LogP contribution in [0, 0.1) is 0 Å². The predicted molar refractivity (Wildman–Crippen MR) is 73.7 cm³/mol. The summed E-state index contributed by atoms with van der Waals surface area (Å²) in [6.45, 7) is 1.73. The molecule has 0 saturated carbocycles. The Balaban J connectivity index is 2.15. The molecule has 1 heterocycles. The zero-order valence-electron chi connectivity index (χ0n) is 9.64. The second-order valence-electron chi connectivity index (χ2n) is 3.95. The Morgan fingerprint density at radius 3 is 2.65 bits per heavy atom. The molecule has 0 aliphatic heterocycles. The molecule has 2 aromatic rings. The van der Waals surface area contributed by atoms with E-state index in [4.69, 9.17) is 5.73 Å². The van der Waals surface area contributed by atoms with E-state index in [9.17, 15) is 0 Å². The normalized spacial score (nSPS) is 10.7. The summed E-state index contributed by atoms with van der Waals surface area (Å²) in [5.41, 5.74) is 6.65. The summed E-state index contributed by atoms with van der Waals surface area (Å²) in [4.78, 5) is 4.41. The first-order chi connectivity index (χ1) is 8.31. The first kappa shape index (κ1) is 12.3. The lowest BCUT2D eigenvalue weighted by molar-refractivity contribution is 0.619. The van der Waals surface area contributed by atoms with Crippen molar-refractivity contribution in [3.05, 3.63) is 41.1 Å². The smallest absolute Gasteiger partial charge is 0.139 e. The molecule has 0 spiro atoms. The van der Waals surface area contributed by atoms with Crippen molar-refractivity contribution in [1.29, 1.82) is 0 Å². The van der Waals surface area contributed by atoms with E-state index in [1.54, 1.807) is 0 Å². The Morgan fingerprint density at radius 1 is 1.18 bits per heavy atom. The minimum absolute atomic E-state index is 0.752. The summed E-state index contributed by atoms with van der Waals surface area (Å²) >= 11 is 3.44. The highest BCUT2D eigenvalue weighted by Crippen LogP contribution is 2.20. The molecule has 0 atom stereocenters. The number of rotatable bonds is 5. The zero-order valence-corrected chi connectivity index (χ0v) is 11.2. The Labute approximate surface area is 110 Å². The third-order valence-electron chi connectivity index (χ3n) is 2.67. The summed E-state index contributed by atoms with van der Waals surface area (Å²) in [7, 11) is 0. The van der Waals surface area contributed by atoms with Crippen LogP contribution in [0.2, 0.25) is 0 Å². The van der Waals surface area contributed by atoms with Crippen LogP contribution in [0.1, 0.15) is 12.8 Å². The van der Waals surface area contributed by atoms with Crippen LogP contribution in [-0.4, -0.2) is 16.1 Å². The second-order valence-corrected chi connectivity index (χ2v) is 4.86. The summed E-state index contributed by atoms with van der Waals surface area (Å²) in [5.74, 6) is 1.02. The average Bonchev–Trinajstić information content (AvgIpc) is 2.79. The SMILES string of the molecule is NCCCCn1ccnc1-c1ccc(Br)cc1. The van der Waals surface area contributed by atoms with E-state index in [1.807, 2.05) is 24.5 Å². The fourth-order valence-corrected chi connectivity index (χ4v) is 2.04. The van der Waals surface area contributed by atoms with Gasteiger partial charge in [0.2, 0.25) is 0 Å². The van der Waals surface area contributed by atoms with Crippen molar-refractivity contribution < 1.29 is 0 Å². The van der Waals surface area contributed by atoms with E-state index in [-0.39, 0.29) is 0 Å². The highest BCUT2D eigenvalue weighted by Gasteiger charge is 2.04. The molecule has 0 radical (unpaired) electrons. The lowest BCUT2D eigenvalue weighted by Gasteiger charge is -2.07. The maximum absolute atomic E-state index is 5.50. The van der Waals surface area contributed by atoms with Crippen LogP contribution in [0.5, 0.6) is 0 Å². The van der Waals surface area contributed by atoms with Crippen molar-refractivity contribution in [3.63, 3.8) is 0 Å². The van der Waals surface area contributed by atoms with Crippen molar-refractivity contribution >= 4 is 15.9 Å². The van der Waals surface area contributed by atoms with Gasteiger partial charge in [0.25, 0.3) is 0 Å². The number of hydrogen-bond acceptors (Lipinski definition) is 2. The van der Waals surface area contributed by atoms with Gasteiger partial charge in [-0.15, -0.1) is 0 Å². The molecule has 4 heteroatoms. The van der Waals surface area contributed by atoms with E-state index in [0.29, 0.717) is 0 Å². The lowest BCUT2D eigenvalue weighted by Crippen LogP contribution is -2.03. The Morgan fingerprint density at radius 2 is 1.94 bits per heavy atom. The van der Waals surface area contributed by atoms with E-state index in [0.717, 1.165) is 41.8 Å². The van der Waals surface area contributed by atoms with Gasteiger partial charge in [0.05, 0.1) is 0 Å². The minimum atomic E-state index is 0.752. The van der Waals surface area contributed by atoms with Crippen molar-refractivity contribution in [2.24, 2.45) is 5.73 Å². The van der Waals surface area contributed by atoms with Gasteiger partial charge in [-0.2, -0.15) is 0 Å². The number of nitrogens with two attached hydrogens (primary N) is 1. The Bertz CT molecular complexity index is 462. The highest BCUT2D eigenvalue weighted by atomic mass is 79.9. The quantitative estimate of drug-likeness (QED) is 0.861. The number of unbranched alkanes of at least 4 members (excludes halogenated alkanes) is 1. The van der Waals surface area contributed by atoms with Crippen molar-refractivity contribution in [2.45, 2.75) is 19.4 Å². The van der Waals surface area contributed by atoms with Gasteiger partial charge in [-0.1, -0.05) is 28.1 Å². The first-order valence-electron chi connectivity index (χ1n) is 5.78. The average molecular weight is 294 g/mol. The predicted octanol–water partition coefficient (Wildman–Crippen LogP) is 3.05. The van der Waals surface area contributed by atoms with Crippen molar-refractivity contribution in [3.8, 4) is 11.4 Å². The van der Waals surface area contributed by atoms with Gasteiger partial charge in [0.1, 0.15) is 5.82 Å². The van der Waals surface area contributed by atoms with Crippen molar-refractivity contribution in [1.82, 2.24) is 9.55 Å². The molecule has 0 aliphatic carbocycles. The summed E-state index contributed by atoms with van der Waals surface area (Å²) in [6, 6.07) is 8.22. The van der Waals surface area contributed by atoms with Crippen LogP contribution in [0.4, 0.5) is 0 Å². The van der Waals surface area contributed by atoms with E-state index in [2.05, 4.69) is 37.6 Å². The summed E-state index contributed by atoms with van der Waals surface area (Å²) in [5, 5.41) is 0. The van der Waals surface area contributed by atoms with E-state index in [1.165, 1.54) is 0 Å². The fraction of sp³-hybridized carbons (Fsp3) is 0.308. The van der Waals surface area contributed by atoms with Gasteiger partial charge in [0.15, 0.2) is 0 Å². The van der Waals surface area contributed by atoms with Gasteiger partial charge in [0, 0.05) is 29.0 Å². The van der Waals surface area contributed by atoms with Gasteiger partial charge >= 0.3 is 0 Å². The number of imidazole rings is 1. The maximum Gasteiger partial charge on any atom is 0.139 e. The number of aryl methyl sites for hydroxylation is 1. The number of benzene rings is 1. The van der Waals surface area contributed by atoms with Crippen LogP contribution in [-0.2, 0) is 6.54 Å². The molecule has 0 saturated heterocycles. The first-order valence-corrected chi connectivity index (χ1v) is 6.57. The standard InChI is InChI=1S/C13H16BrN3/c14-12-5-3-11(4-6-12)13-16-8-10-17(13)9-2-1-7-15/h3-6,8,10H,1-2,7,9,15H2. The molecule has 2 rings (SSSR count). The van der Waals surface area contributed by atoms with E-state index >= 15 is 0 Å². The number of nitrogens with zero attached hydrogens (tertiary/aromatic N) is 2. The third-order valence-corrected chi connectivity index (χ3v) is 3.20. The largest absolute Gasteiger partial charge is 0.331 e. The molecule has 1 aromatic carbocycles. The van der Waals surface area contributed by atoms with Gasteiger partial charge in [-0.05, 0) is 31.5 Å². The minimum Gasteiger partial charge on any atom is -0.331 e. The molecular weight excluding hydrogens is 278 g/mol. The number of halogens is 1. The zero-order chi connectivity index (χ0) is 12.1. The number of aromatic nitrogens is 2. The summed E-state index contributed by atoms with van der Waals surface area (Å²) < 4.78 is 3.27. The Hall–Kier alpha value is -1.13. The molecule has 1 aromatic heterocycles. The summed E-state index contributed by atoms with van der Waals surface area (Å²) in [6.07, 6.45) is 6.02. The molecule has 0 fully saturated rings. The molecule has 0 bridgehead atoms. The van der Waals surface area contributed by atoms with Crippen LogP contribution >= 0.6 is 15.9 Å². The van der Waals surface area contributed by atoms with Gasteiger partial charge in [-0.25, -0.2) is 4.98 Å². The van der Waals surface area contributed by atoms with Crippen LogP contribution < -0.4 is 5.73 Å². The van der Waals surface area contributed by atoms with Crippen LogP contribution in [0.3, 0.4) is 0 Å². The third kappa shape index (κ3) is 3.17. The topological polar surface area (TPSA) is 43.8 Å². The van der Waals surface area contributed by atoms with Gasteiger partial charge in [-0.3, -0.25) is 0 Å². The highest BCUT2D eigenvalue weighted by molar-refractivity contribution is 9.10. The molecule has 90 valence electrons. The molecule has 0 unspecified atom stereocenters. The van der Waals surface area contributed by atoms with Crippen molar-refractivity contribution in [2.75, 3.05) is 6.54 Å². The molecular formula is C13H16BrN3. The van der Waals surface area contributed by atoms with E-state index < -0.39 is 0 Å². The Kier molecular flexibility index (Phi) is 4.34. The molecule has 0 aliphatic rings. The molecule has 0 amide bonds. The van der Waals surface area contributed by atoms with Gasteiger partial charge < -0.3 is 10.3 Å². The van der Waals surface area contributed by atoms with Crippen LogP contribution in [0.25, 0.3) is 11.4 Å². The molecule has 3 nitrogen and oxygen atoms in total. The number of hydrogen-bond donors (Lipinski definition) is 1.